The molecular weight excluding hydrogens is 330 g/mol. The fraction of sp³-hybridized carbons (Fsp3) is 0.400. The molecule has 1 aliphatic heterocycles. The second-order valence-electron chi connectivity index (χ2n) is 6.42. The van der Waals surface area contributed by atoms with E-state index in [9.17, 15) is 4.79 Å². The summed E-state index contributed by atoms with van der Waals surface area (Å²) in [6, 6.07) is 13.2. The van der Waals surface area contributed by atoms with Gasteiger partial charge in [0.1, 0.15) is 11.9 Å². The molecule has 0 unspecified atom stereocenters. The summed E-state index contributed by atoms with van der Waals surface area (Å²) in [4.78, 5) is 18.6. The lowest BCUT2D eigenvalue weighted by molar-refractivity contribution is 0.0942. The Balaban J connectivity index is 1.45. The molecule has 0 radical (unpaired) electrons. The van der Waals surface area contributed by atoms with Crippen LogP contribution in [0.1, 0.15) is 28.9 Å². The maximum atomic E-state index is 11.8. The first kappa shape index (κ1) is 18.4. The first-order chi connectivity index (χ1) is 12.7. The predicted octanol–water partition coefficient (Wildman–Crippen LogP) is 1.85. The predicted molar refractivity (Wildman–Crippen MR) is 99.0 cm³/mol. The molecule has 26 heavy (non-hydrogen) atoms. The number of ether oxygens (including phenoxy) is 1. The van der Waals surface area contributed by atoms with E-state index in [-0.39, 0.29) is 25.2 Å². The van der Waals surface area contributed by atoms with Gasteiger partial charge < -0.3 is 15.2 Å². The van der Waals surface area contributed by atoms with Crippen LogP contribution in [-0.4, -0.2) is 53.2 Å². The van der Waals surface area contributed by atoms with Gasteiger partial charge in [-0.3, -0.25) is 14.7 Å². The van der Waals surface area contributed by atoms with Gasteiger partial charge in [0.25, 0.3) is 5.91 Å². The summed E-state index contributed by atoms with van der Waals surface area (Å²) in [5, 5.41) is 11.4. The van der Waals surface area contributed by atoms with E-state index in [1.807, 2.05) is 30.5 Å². The van der Waals surface area contributed by atoms with Gasteiger partial charge in [-0.1, -0.05) is 6.07 Å². The number of rotatable bonds is 7. The number of benzene rings is 1. The van der Waals surface area contributed by atoms with Gasteiger partial charge in [-0.25, -0.2) is 0 Å². The molecule has 2 N–H and O–H groups in total. The summed E-state index contributed by atoms with van der Waals surface area (Å²) in [7, 11) is 0. The molecule has 2 heterocycles. The number of aliphatic hydroxyl groups is 1. The van der Waals surface area contributed by atoms with Gasteiger partial charge in [0.2, 0.25) is 0 Å². The first-order valence-electron chi connectivity index (χ1n) is 9.02. The molecule has 0 spiro atoms. The van der Waals surface area contributed by atoms with Gasteiger partial charge in [-0.15, -0.1) is 0 Å². The number of nitrogens with one attached hydrogen (secondary N) is 1. The highest BCUT2D eigenvalue weighted by Gasteiger charge is 2.21. The van der Waals surface area contributed by atoms with Crippen LogP contribution in [0.2, 0.25) is 0 Å². The van der Waals surface area contributed by atoms with Crippen molar-refractivity contribution in [3.05, 3.63) is 59.9 Å². The highest BCUT2D eigenvalue weighted by Crippen LogP contribution is 2.20. The maximum Gasteiger partial charge on any atom is 0.251 e. The molecule has 138 valence electrons. The molecule has 0 saturated carbocycles. The number of hydrogen-bond acceptors (Lipinski definition) is 5. The molecule has 1 amide bonds. The van der Waals surface area contributed by atoms with Crippen molar-refractivity contribution < 1.29 is 14.6 Å². The van der Waals surface area contributed by atoms with Crippen LogP contribution < -0.4 is 10.1 Å². The van der Waals surface area contributed by atoms with E-state index in [1.165, 1.54) is 0 Å². The van der Waals surface area contributed by atoms with Gasteiger partial charge in [0.05, 0.1) is 12.3 Å². The molecule has 0 atom stereocenters. The lowest BCUT2D eigenvalue weighted by Crippen LogP contribution is -2.37. The Kier molecular flexibility index (Phi) is 6.57. The summed E-state index contributed by atoms with van der Waals surface area (Å²) in [6.07, 6.45) is 3.99. The molecule has 6 nitrogen and oxygen atoms in total. The van der Waals surface area contributed by atoms with Crippen molar-refractivity contribution in [2.75, 3.05) is 26.2 Å². The monoisotopic (exact) mass is 355 g/mol. The lowest BCUT2D eigenvalue weighted by Gasteiger charge is -2.31. The normalized spacial score (nSPS) is 15.6. The van der Waals surface area contributed by atoms with Crippen molar-refractivity contribution >= 4 is 5.91 Å². The average molecular weight is 355 g/mol. The summed E-state index contributed by atoms with van der Waals surface area (Å²) in [5.74, 6) is 0.598. The minimum Gasteiger partial charge on any atom is -0.490 e. The largest absolute Gasteiger partial charge is 0.490 e. The third-order valence-corrected chi connectivity index (χ3v) is 4.46. The number of carbonyl (C=O) groups is 1. The molecule has 0 bridgehead atoms. The van der Waals surface area contributed by atoms with Crippen LogP contribution in [0.4, 0.5) is 0 Å². The van der Waals surface area contributed by atoms with E-state index >= 15 is 0 Å². The number of hydrogen-bond donors (Lipinski definition) is 2. The van der Waals surface area contributed by atoms with Crippen LogP contribution in [0.15, 0.2) is 48.7 Å². The number of carbonyl (C=O) groups excluding carboxylic acids is 1. The third kappa shape index (κ3) is 5.28. The maximum absolute atomic E-state index is 11.8. The molecule has 1 aliphatic rings. The van der Waals surface area contributed by atoms with Gasteiger partial charge in [-0.05, 0) is 49.2 Å². The second-order valence-corrected chi connectivity index (χ2v) is 6.42. The number of nitrogens with zero attached hydrogens (tertiary/aromatic N) is 2. The average Bonchev–Trinajstić information content (AvgIpc) is 2.69. The SMILES string of the molecule is O=C(NCCO)c1ccc(OC2CCN(Cc3ccccn3)CC2)cc1. The van der Waals surface area contributed by atoms with Crippen LogP contribution in [-0.2, 0) is 6.54 Å². The zero-order chi connectivity index (χ0) is 18.2. The topological polar surface area (TPSA) is 74.7 Å². The van der Waals surface area contributed by atoms with E-state index in [0.29, 0.717) is 5.56 Å². The van der Waals surface area contributed by atoms with Crippen LogP contribution in [0, 0.1) is 0 Å². The van der Waals surface area contributed by atoms with Crippen molar-refractivity contribution in [2.24, 2.45) is 0 Å². The van der Waals surface area contributed by atoms with Gasteiger partial charge in [0, 0.05) is 37.9 Å². The third-order valence-electron chi connectivity index (χ3n) is 4.46. The van der Waals surface area contributed by atoms with Crippen molar-refractivity contribution in [2.45, 2.75) is 25.5 Å². The Morgan fingerprint density at radius 3 is 2.62 bits per heavy atom. The van der Waals surface area contributed by atoms with Crippen LogP contribution in [0.5, 0.6) is 5.75 Å². The minimum absolute atomic E-state index is 0.0635. The molecule has 1 saturated heterocycles. The molecule has 3 rings (SSSR count). The molecule has 2 aromatic rings. The van der Waals surface area contributed by atoms with Crippen LogP contribution in [0.25, 0.3) is 0 Å². The van der Waals surface area contributed by atoms with E-state index in [0.717, 1.165) is 43.9 Å². The van der Waals surface area contributed by atoms with E-state index in [4.69, 9.17) is 9.84 Å². The van der Waals surface area contributed by atoms with E-state index in [2.05, 4.69) is 21.3 Å². The standard InChI is InChI=1S/C20H25N3O3/c24-14-11-22-20(25)16-4-6-18(7-5-16)26-19-8-12-23(13-9-19)15-17-3-1-2-10-21-17/h1-7,10,19,24H,8-9,11-15H2,(H,22,25). The molecule has 1 aromatic carbocycles. The van der Waals surface area contributed by atoms with E-state index < -0.39 is 0 Å². The van der Waals surface area contributed by atoms with Crippen molar-refractivity contribution in [1.82, 2.24) is 15.2 Å². The Morgan fingerprint density at radius 1 is 1.19 bits per heavy atom. The smallest absolute Gasteiger partial charge is 0.251 e. The summed E-state index contributed by atoms with van der Waals surface area (Å²) >= 11 is 0. The van der Waals surface area contributed by atoms with Crippen molar-refractivity contribution in [3.8, 4) is 5.75 Å². The molecular formula is C20H25N3O3. The minimum atomic E-state index is -0.187. The summed E-state index contributed by atoms with van der Waals surface area (Å²) in [6.45, 7) is 3.05. The number of aromatic nitrogens is 1. The number of likely N-dealkylation sites (tertiary alicyclic amines) is 1. The summed E-state index contributed by atoms with van der Waals surface area (Å²) < 4.78 is 6.06. The van der Waals surface area contributed by atoms with Gasteiger partial charge >= 0.3 is 0 Å². The second kappa shape index (κ2) is 9.31. The zero-order valence-corrected chi connectivity index (χ0v) is 14.8. The molecule has 0 aliphatic carbocycles. The van der Waals surface area contributed by atoms with Crippen LogP contribution >= 0.6 is 0 Å². The fourth-order valence-electron chi connectivity index (χ4n) is 3.05. The quantitative estimate of drug-likeness (QED) is 0.793. The van der Waals surface area contributed by atoms with Gasteiger partial charge in [0.15, 0.2) is 0 Å². The molecule has 1 fully saturated rings. The zero-order valence-electron chi connectivity index (χ0n) is 14.8. The highest BCUT2D eigenvalue weighted by molar-refractivity contribution is 5.94. The first-order valence-corrected chi connectivity index (χ1v) is 9.02. The van der Waals surface area contributed by atoms with E-state index in [1.54, 1.807) is 12.1 Å². The Morgan fingerprint density at radius 2 is 1.96 bits per heavy atom. The van der Waals surface area contributed by atoms with Crippen LogP contribution in [0.3, 0.4) is 0 Å². The fourth-order valence-corrected chi connectivity index (χ4v) is 3.05. The molecule has 6 heteroatoms. The highest BCUT2D eigenvalue weighted by atomic mass is 16.5. The van der Waals surface area contributed by atoms with Crippen molar-refractivity contribution in [3.63, 3.8) is 0 Å². The number of aliphatic hydroxyl groups excluding tert-OH is 1. The Bertz CT molecular complexity index is 683. The molecule has 1 aromatic heterocycles. The Labute approximate surface area is 153 Å². The number of piperidine rings is 1. The van der Waals surface area contributed by atoms with Crippen molar-refractivity contribution in [1.29, 1.82) is 0 Å². The van der Waals surface area contributed by atoms with Gasteiger partial charge in [-0.2, -0.15) is 0 Å². The lowest BCUT2D eigenvalue weighted by atomic mass is 10.1. The number of pyridine rings is 1. The summed E-state index contributed by atoms with van der Waals surface area (Å²) in [5.41, 5.74) is 1.66. The Hall–Kier alpha value is -2.44. The number of amides is 1.